The zero-order valence-electron chi connectivity index (χ0n) is 11.8. The first kappa shape index (κ1) is 17.4. The van der Waals surface area contributed by atoms with Crippen molar-refractivity contribution in [2.24, 2.45) is 0 Å². The van der Waals surface area contributed by atoms with Crippen LogP contribution in [0.25, 0.3) is 0 Å². The fourth-order valence-electron chi connectivity index (χ4n) is 2.22. The summed E-state index contributed by atoms with van der Waals surface area (Å²) in [5.74, 6) is -0.763. The molecule has 1 heterocycles. The molecule has 1 N–H and O–H groups in total. The summed E-state index contributed by atoms with van der Waals surface area (Å²) >= 11 is 0. The second-order valence-corrected chi connectivity index (χ2v) is 7.11. The lowest BCUT2D eigenvalue weighted by atomic mass is 10.2. The molecule has 8 heteroatoms. The van der Waals surface area contributed by atoms with Gasteiger partial charge in [0.2, 0.25) is 0 Å². The predicted molar refractivity (Wildman–Crippen MR) is 73.6 cm³/mol. The van der Waals surface area contributed by atoms with Gasteiger partial charge in [-0.15, -0.1) is 0 Å². The van der Waals surface area contributed by atoms with E-state index in [9.17, 15) is 13.2 Å². The Kier molecular flexibility index (Phi) is 7.42. The number of nitrogens with zero attached hydrogens (tertiary/aromatic N) is 1. The van der Waals surface area contributed by atoms with Gasteiger partial charge in [-0.3, -0.25) is 9.69 Å². The van der Waals surface area contributed by atoms with Crippen LogP contribution in [-0.2, 0) is 24.1 Å². The summed E-state index contributed by atoms with van der Waals surface area (Å²) < 4.78 is 33.2. The van der Waals surface area contributed by atoms with Crippen LogP contribution >= 0.6 is 0 Å². The maximum atomic E-state index is 11.5. The summed E-state index contributed by atoms with van der Waals surface area (Å²) in [6, 6.07) is -0.210. The minimum absolute atomic E-state index is 0.0456. The topological polar surface area (TPSA) is 93.1 Å². The number of hydrogen-bond acceptors (Lipinski definition) is 6. The monoisotopic (exact) mass is 309 g/mol. The van der Waals surface area contributed by atoms with E-state index in [1.54, 1.807) is 12.0 Å². The summed E-state index contributed by atoms with van der Waals surface area (Å²) in [5.41, 5.74) is 0. The zero-order chi connectivity index (χ0) is 15.0. The highest BCUT2D eigenvalue weighted by Crippen LogP contribution is 2.17. The molecule has 0 bridgehead atoms. The van der Waals surface area contributed by atoms with Crippen LogP contribution in [0.5, 0.6) is 0 Å². The van der Waals surface area contributed by atoms with Crippen LogP contribution in [0.2, 0.25) is 0 Å². The Morgan fingerprint density at radius 3 is 2.65 bits per heavy atom. The predicted octanol–water partition coefficient (Wildman–Crippen LogP) is -0.387. The second-order valence-electron chi connectivity index (χ2n) is 4.88. The normalized spacial score (nSPS) is 21.4. The van der Waals surface area contributed by atoms with Crippen molar-refractivity contribution in [3.05, 3.63) is 0 Å². The number of ether oxygens (including phenoxy) is 2. The van der Waals surface area contributed by atoms with Gasteiger partial charge in [0, 0.05) is 32.9 Å². The van der Waals surface area contributed by atoms with E-state index in [-0.39, 0.29) is 24.1 Å². The number of aliphatic carboxylic acids is 1. The van der Waals surface area contributed by atoms with Crippen LogP contribution in [-0.4, -0.2) is 82.0 Å². The molecular formula is C12H23NO6S. The average molecular weight is 309 g/mol. The molecule has 0 aromatic carbocycles. The third-order valence-corrected chi connectivity index (χ3v) is 4.97. The Morgan fingerprint density at radius 1 is 1.35 bits per heavy atom. The van der Waals surface area contributed by atoms with Gasteiger partial charge in [-0.25, -0.2) is 8.42 Å². The van der Waals surface area contributed by atoms with Gasteiger partial charge in [-0.05, 0) is 12.8 Å². The minimum Gasteiger partial charge on any atom is -0.480 e. The molecule has 20 heavy (non-hydrogen) atoms. The van der Waals surface area contributed by atoms with Gasteiger partial charge in [0.15, 0.2) is 9.84 Å². The summed E-state index contributed by atoms with van der Waals surface area (Å²) in [7, 11) is -1.39. The van der Waals surface area contributed by atoms with E-state index >= 15 is 0 Å². The fraction of sp³-hybridized carbons (Fsp3) is 0.917. The van der Waals surface area contributed by atoms with E-state index in [0.717, 1.165) is 6.42 Å². The molecule has 0 aliphatic carbocycles. The standard InChI is InChI=1S/C12H23NO6S/c1-18-5-2-6-19-7-4-13(9-12(14)15)11-3-8-20(16,17)10-11/h11H,2-10H2,1H3,(H,14,15). The summed E-state index contributed by atoms with van der Waals surface area (Å²) in [4.78, 5) is 12.5. The number of sulfone groups is 1. The molecule has 1 rings (SSSR count). The zero-order valence-corrected chi connectivity index (χ0v) is 12.6. The van der Waals surface area contributed by atoms with E-state index in [1.165, 1.54) is 0 Å². The number of methoxy groups -OCH3 is 1. The average Bonchev–Trinajstić information content (AvgIpc) is 2.72. The first-order valence-corrected chi connectivity index (χ1v) is 8.49. The molecule has 0 radical (unpaired) electrons. The van der Waals surface area contributed by atoms with Gasteiger partial charge in [0.25, 0.3) is 0 Å². The maximum absolute atomic E-state index is 11.5. The van der Waals surface area contributed by atoms with Crippen molar-refractivity contribution in [2.45, 2.75) is 18.9 Å². The van der Waals surface area contributed by atoms with Crippen molar-refractivity contribution < 1.29 is 27.8 Å². The Labute approximate surface area is 119 Å². The number of carboxylic acid groups (broad SMARTS) is 1. The molecule has 118 valence electrons. The van der Waals surface area contributed by atoms with Gasteiger partial charge < -0.3 is 14.6 Å². The Bertz CT molecular complexity index is 397. The van der Waals surface area contributed by atoms with Gasteiger partial charge in [-0.2, -0.15) is 0 Å². The summed E-state index contributed by atoms with van der Waals surface area (Å²) in [6.45, 7) is 1.85. The Hall–Kier alpha value is -0.700. The van der Waals surface area contributed by atoms with Crippen molar-refractivity contribution in [1.82, 2.24) is 4.90 Å². The van der Waals surface area contributed by atoms with Crippen LogP contribution in [0.15, 0.2) is 0 Å². The molecule has 1 fully saturated rings. The highest BCUT2D eigenvalue weighted by Gasteiger charge is 2.32. The van der Waals surface area contributed by atoms with Gasteiger partial charge in [-0.1, -0.05) is 0 Å². The lowest BCUT2D eigenvalue weighted by Crippen LogP contribution is -2.41. The van der Waals surface area contributed by atoms with Crippen molar-refractivity contribution in [3.8, 4) is 0 Å². The van der Waals surface area contributed by atoms with Gasteiger partial charge >= 0.3 is 5.97 Å². The van der Waals surface area contributed by atoms with Crippen LogP contribution in [0.3, 0.4) is 0 Å². The first-order chi connectivity index (χ1) is 9.44. The lowest BCUT2D eigenvalue weighted by molar-refractivity contribution is -0.139. The number of carbonyl (C=O) groups is 1. The Morgan fingerprint density at radius 2 is 2.10 bits per heavy atom. The van der Waals surface area contributed by atoms with Gasteiger partial charge in [0.1, 0.15) is 0 Å². The smallest absolute Gasteiger partial charge is 0.317 e. The first-order valence-electron chi connectivity index (χ1n) is 6.67. The highest BCUT2D eigenvalue weighted by atomic mass is 32.2. The Balaban J connectivity index is 2.35. The SMILES string of the molecule is COCCCOCCN(CC(=O)O)C1CCS(=O)(=O)C1. The molecule has 0 aromatic rings. The highest BCUT2D eigenvalue weighted by molar-refractivity contribution is 7.91. The lowest BCUT2D eigenvalue weighted by Gasteiger charge is -2.26. The number of hydrogen-bond donors (Lipinski definition) is 1. The van der Waals surface area contributed by atoms with Crippen LogP contribution in [0, 0.1) is 0 Å². The van der Waals surface area contributed by atoms with Crippen molar-refractivity contribution in [2.75, 3.05) is 51.5 Å². The second kappa shape index (κ2) is 8.56. The molecule has 7 nitrogen and oxygen atoms in total. The van der Waals surface area contributed by atoms with E-state index in [1.807, 2.05) is 0 Å². The minimum atomic E-state index is -3.01. The molecule has 0 aromatic heterocycles. The van der Waals surface area contributed by atoms with Crippen LogP contribution in [0.1, 0.15) is 12.8 Å². The van der Waals surface area contributed by atoms with Crippen molar-refractivity contribution in [3.63, 3.8) is 0 Å². The van der Waals surface area contributed by atoms with Crippen LogP contribution < -0.4 is 0 Å². The number of rotatable bonds is 10. The van der Waals surface area contributed by atoms with Crippen LogP contribution in [0.4, 0.5) is 0 Å². The molecule has 1 unspecified atom stereocenters. The summed E-state index contributed by atoms with van der Waals surface area (Å²) in [5, 5.41) is 8.90. The maximum Gasteiger partial charge on any atom is 0.317 e. The molecule has 1 atom stereocenters. The molecule has 0 spiro atoms. The van der Waals surface area contributed by atoms with Crippen molar-refractivity contribution >= 4 is 15.8 Å². The third-order valence-electron chi connectivity index (χ3n) is 3.22. The molecule has 1 saturated heterocycles. The molecule has 0 amide bonds. The quantitative estimate of drug-likeness (QED) is 0.549. The molecule has 1 aliphatic heterocycles. The van der Waals surface area contributed by atoms with E-state index < -0.39 is 15.8 Å². The fourth-order valence-corrected chi connectivity index (χ4v) is 3.98. The molecular weight excluding hydrogens is 286 g/mol. The largest absolute Gasteiger partial charge is 0.480 e. The van der Waals surface area contributed by atoms with Gasteiger partial charge in [0.05, 0.1) is 24.7 Å². The van der Waals surface area contributed by atoms with E-state index in [4.69, 9.17) is 14.6 Å². The van der Waals surface area contributed by atoms with E-state index in [0.29, 0.717) is 32.8 Å². The molecule has 1 aliphatic rings. The third kappa shape index (κ3) is 6.65. The van der Waals surface area contributed by atoms with E-state index in [2.05, 4.69) is 0 Å². The number of carboxylic acids is 1. The molecule has 0 saturated carbocycles. The summed E-state index contributed by atoms with van der Waals surface area (Å²) in [6.07, 6.45) is 1.28. The van der Waals surface area contributed by atoms with Crippen molar-refractivity contribution in [1.29, 1.82) is 0 Å².